The molecule has 0 aliphatic rings. The van der Waals surface area contributed by atoms with E-state index >= 15 is 0 Å². The zero-order valence-electron chi connectivity index (χ0n) is 6.72. The van der Waals surface area contributed by atoms with Gasteiger partial charge in [0, 0.05) is 10.3 Å². The molecule has 0 nitrogen and oxygen atoms in total. The van der Waals surface area contributed by atoms with E-state index in [4.69, 9.17) is 11.6 Å². The predicted molar refractivity (Wildman–Crippen MR) is 53.6 cm³/mol. The highest BCUT2D eigenvalue weighted by molar-refractivity contribution is 7.80. The van der Waals surface area contributed by atoms with Crippen LogP contribution in [-0.4, -0.2) is 5.25 Å². The maximum absolute atomic E-state index is 12.6. The Hall–Kier alpha value is -0.210. The van der Waals surface area contributed by atoms with Gasteiger partial charge in [0.25, 0.3) is 0 Å². The van der Waals surface area contributed by atoms with Crippen LogP contribution in [0.25, 0.3) is 0 Å². The fourth-order valence-electron chi connectivity index (χ4n) is 1.01. The summed E-state index contributed by atoms with van der Waals surface area (Å²) in [6, 6.07) is 4.44. The highest BCUT2D eigenvalue weighted by Gasteiger charge is 2.03. The zero-order valence-corrected chi connectivity index (χ0v) is 8.37. The molecule has 0 amide bonds. The standard InChI is InChI=1S/C9H10ClFS/c1-6(12)4-7-2-3-8(11)5-9(7)10/h2-3,5-6,12H,4H2,1H3. The SMILES string of the molecule is CC(S)Cc1ccc(F)cc1Cl. The average molecular weight is 205 g/mol. The molecule has 66 valence electrons. The number of rotatable bonds is 2. The summed E-state index contributed by atoms with van der Waals surface area (Å²) in [5, 5.41) is 0.726. The first-order valence-electron chi connectivity index (χ1n) is 3.71. The van der Waals surface area contributed by atoms with Gasteiger partial charge >= 0.3 is 0 Å². The van der Waals surface area contributed by atoms with Crippen molar-refractivity contribution < 1.29 is 4.39 Å². The Morgan fingerprint density at radius 3 is 2.75 bits per heavy atom. The van der Waals surface area contributed by atoms with Crippen LogP contribution < -0.4 is 0 Å². The van der Waals surface area contributed by atoms with E-state index in [1.807, 2.05) is 6.92 Å². The summed E-state index contributed by atoms with van der Waals surface area (Å²) >= 11 is 10.0. The maximum Gasteiger partial charge on any atom is 0.124 e. The molecule has 1 aromatic rings. The van der Waals surface area contributed by atoms with Crippen molar-refractivity contribution in [2.24, 2.45) is 0 Å². The molecule has 0 saturated carbocycles. The molecule has 0 aromatic heterocycles. The second-order valence-electron chi connectivity index (χ2n) is 2.79. The summed E-state index contributed by atoms with van der Waals surface area (Å²) < 4.78 is 12.6. The summed E-state index contributed by atoms with van der Waals surface area (Å²) in [7, 11) is 0. The highest BCUT2D eigenvalue weighted by atomic mass is 35.5. The van der Waals surface area contributed by atoms with Crippen molar-refractivity contribution in [2.75, 3.05) is 0 Å². The average Bonchev–Trinajstić information content (AvgIpc) is 1.94. The Kier molecular flexibility index (Phi) is 3.41. The molecule has 1 aromatic carbocycles. The second-order valence-corrected chi connectivity index (χ2v) is 4.08. The normalized spacial score (nSPS) is 13.0. The largest absolute Gasteiger partial charge is 0.207 e. The molecule has 0 aliphatic heterocycles. The first kappa shape index (κ1) is 9.87. The van der Waals surface area contributed by atoms with E-state index in [1.54, 1.807) is 6.07 Å². The summed E-state index contributed by atoms with van der Waals surface area (Å²) in [6.07, 6.45) is 0.766. The molecule has 0 saturated heterocycles. The minimum absolute atomic E-state index is 0.243. The van der Waals surface area contributed by atoms with Gasteiger partial charge in [0.05, 0.1) is 0 Å². The first-order valence-corrected chi connectivity index (χ1v) is 4.61. The van der Waals surface area contributed by atoms with Gasteiger partial charge in [0.1, 0.15) is 5.82 Å². The zero-order chi connectivity index (χ0) is 9.14. The Morgan fingerprint density at radius 2 is 2.25 bits per heavy atom. The number of halogens is 2. The Bertz CT molecular complexity index is 273. The molecule has 1 rings (SSSR count). The van der Waals surface area contributed by atoms with Crippen molar-refractivity contribution in [3.8, 4) is 0 Å². The molecular weight excluding hydrogens is 195 g/mol. The molecule has 3 heteroatoms. The fraction of sp³-hybridized carbons (Fsp3) is 0.333. The van der Waals surface area contributed by atoms with E-state index in [-0.39, 0.29) is 11.1 Å². The molecule has 0 spiro atoms. The molecule has 0 heterocycles. The third-order valence-electron chi connectivity index (χ3n) is 1.53. The molecule has 1 unspecified atom stereocenters. The van der Waals surface area contributed by atoms with Gasteiger partial charge in [0.15, 0.2) is 0 Å². The van der Waals surface area contributed by atoms with Crippen molar-refractivity contribution in [3.05, 3.63) is 34.6 Å². The fourth-order valence-corrected chi connectivity index (χ4v) is 1.45. The first-order chi connectivity index (χ1) is 5.59. The molecule has 0 fully saturated rings. The highest BCUT2D eigenvalue weighted by Crippen LogP contribution is 2.19. The Labute approximate surface area is 82.2 Å². The van der Waals surface area contributed by atoms with E-state index in [9.17, 15) is 4.39 Å². The van der Waals surface area contributed by atoms with Gasteiger partial charge in [0.2, 0.25) is 0 Å². The van der Waals surface area contributed by atoms with Gasteiger partial charge in [-0.2, -0.15) is 12.6 Å². The van der Waals surface area contributed by atoms with Gasteiger partial charge in [-0.3, -0.25) is 0 Å². The van der Waals surface area contributed by atoms with E-state index in [0.717, 1.165) is 12.0 Å². The molecule has 0 aliphatic carbocycles. The minimum Gasteiger partial charge on any atom is -0.207 e. The lowest BCUT2D eigenvalue weighted by Crippen LogP contribution is -1.98. The van der Waals surface area contributed by atoms with E-state index in [2.05, 4.69) is 12.6 Å². The number of benzene rings is 1. The van der Waals surface area contributed by atoms with Gasteiger partial charge in [-0.1, -0.05) is 24.6 Å². The monoisotopic (exact) mass is 204 g/mol. The molecule has 0 radical (unpaired) electrons. The molecular formula is C9H10ClFS. The maximum atomic E-state index is 12.6. The van der Waals surface area contributed by atoms with Crippen LogP contribution in [-0.2, 0) is 6.42 Å². The summed E-state index contributed by atoms with van der Waals surface area (Å²) in [4.78, 5) is 0. The lowest BCUT2D eigenvalue weighted by atomic mass is 10.1. The van der Waals surface area contributed by atoms with Crippen LogP contribution in [0.5, 0.6) is 0 Å². The van der Waals surface area contributed by atoms with E-state index in [1.165, 1.54) is 12.1 Å². The third kappa shape index (κ3) is 2.68. The topological polar surface area (TPSA) is 0 Å². The van der Waals surface area contributed by atoms with Crippen LogP contribution in [0.3, 0.4) is 0 Å². The van der Waals surface area contributed by atoms with E-state index < -0.39 is 0 Å². The van der Waals surface area contributed by atoms with Crippen LogP contribution in [0.1, 0.15) is 12.5 Å². The lowest BCUT2D eigenvalue weighted by molar-refractivity contribution is 0.627. The minimum atomic E-state index is -0.296. The van der Waals surface area contributed by atoms with Crippen molar-refractivity contribution in [1.82, 2.24) is 0 Å². The summed E-state index contributed by atoms with van der Waals surface area (Å²) in [5.74, 6) is -0.296. The molecule has 12 heavy (non-hydrogen) atoms. The number of hydrogen-bond acceptors (Lipinski definition) is 1. The van der Waals surface area contributed by atoms with E-state index in [0.29, 0.717) is 5.02 Å². The lowest BCUT2D eigenvalue weighted by Gasteiger charge is -2.05. The van der Waals surface area contributed by atoms with Crippen molar-refractivity contribution in [2.45, 2.75) is 18.6 Å². The van der Waals surface area contributed by atoms with Crippen LogP contribution in [0.4, 0.5) is 4.39 Å². The molecule has 0 N–H and O–H groups in total. The number of thiol groups is 1. The van der Waals surface area contributed by atoms with Gasteiger partial charge in [-0.05, 0) is 24.1 Å². The Balaban J connectivity index is 2.86. The molecule has 1 atom stereocenters. The van der Waals surface area contributed by atoms with Crippen LogP contribution in [0.15, 0.2) is 18.2 Å². The van der Waals surface area contributed by atoms with Gasteiger partial charge < -0.3 is 0 Å². The second kappa shape index (κ2) is 4.15. The molecule has 0 bridgehead atoms. The Morgan fingerprint density at radius 1 is 1.58 bits per heavy atom. The van der Waals surface area contributed by atoms with Crippen LogP contribution in [0, 0.1) is 5.82 Å². The smallest absolute Gasteiger partial charge is 0.124 e. The summed E-state index contributed by atoms with van der Waals surface area (Å²) in [6.45, 7) is 1.97. The number of hydrogen-bond donors (Lipinski definition) is 1. The van der Waals surface area contributed by atoms with Gasteiger partial charge in [-0.25, -0.2) is 4.39 Å². The predicted octanol–water partition coefficient (Wildman–Crippen LogP) is 3.34. The van der Waals surface area contributed by atoms with Crippen molar-refractivity contribution in [3.63, 3.8) is 0 Å². The van der Waals surface area contributed by atoms with Crippen molar-refractivity contribution in [1.29, 1.82) is 0 Å². The summed E-state index contributed by atoms with van der Waals surface area (Å²) in [5.41, 5.74) is 0.945. The van der Waals surface area contributed by atoms with Crippen LogP contribution in [0.2, 0.25) is 5.02 Å². The van der Waals surface area contributed by atoms with Crippen molar-refractivity contribution >= 4 is 24.2 Å². The van der Waals surface area contributed by atoms with Gasteiger partial charge in [-0.15, -0.1) is 0 Å². The van der Waals surface area contributed by atoms with Crippen LogP contribution >= 0.6 is 24.2 Å². The third-order valence-corrected chi connectivity index (χ3v) is 2.06. The quantitative estimate of drug-likeness (QED) is 0.702.